The highest BCUT2D eigenvalue weighted by atomic mass is 16.2. The predicted octanol–water partition coefficient (Wildman–Crippen LogP) is 4.76. The van der Waals surface area contributed by atoms with Crippen molar-refractivity contribution in [3.05, 3.63) is 77.2 Å². The number of amides is 2. The first kappa shape index (κ1) is 23.9. The molecule has 0 aliphatic carbocycles. The Morgan fingerprint density at radius 2 is 1.70 bits per heavy atom. The van der Waals surface area contributed by atoms with Gasteiger partial charge in [-0.25, -0.2) is 9.97 Å². The number of aromatic nitrogens is 2. The molecule has 0 fully saturated rings. The van der Waals surface area contributed by atoms with Crippen LogP contribution in [0.15, 0.2) is 54.9 Å². The fraction of sp³-hybridized carbons (Fsp3) is 0.308. The average Bonchev–Trinajstić information content (AvgIpc) is 2.77. The Bertz CT molecular complexity index is 1130. The van der Waals surface area contributed by atoms with Crippen LogP contribution in [0.1, 0.15) is 54.9 Å². The maximum Gasteiger partial charge on any atom is 0.251 e. The topological polar surface area (TPSA) is 96.0 Å². The molecule has 0 saturated carbocycles. The van der Waals surface area contributed by atoms with Crippen molar-refractivity contribution in [3.8, 4) is 0 Å². The summed E-state index contributed by atoms with van der Waals surface area (Å²) >= 11 is 0. The smallest absolute Gasteiger partial charge is 0.251 e. The van der Waals surface area contributed by atoms with Crippen molar-refractivity contribution in [2.24, 2.45) is 0 Å². The van der Waals surface area contributed by atoms with Gasteiger partial charge in [0.2, 0.25) is 5.91 Å². The molecule has 7 nitrogen and oxygen atoms in total. The number of nitrogens with one attached hydrogen (secondary N) is 3. The van der Waals surface area contributed by atoms with Gasteiger partial charge in [0.15, 0.2) is 0 Å². The van der Waals surface area contributed by atoms with E-state index >= 15 is 0 Å². The Kier molecular flexibility index (Phi) is 7.43. The maximum absolute atomic E-state index is 12.5. The molecule has 1 heterocycles. The van der Waals surface area contributed by atoms with Crippen molar-refractivity contribution in [3.63, 3.8) is 0 Å². The van der Waals surface area contributed by atoms with Gasteiger partial charge in [-0.2, -0.15) is 0 Å². The number of carbonyl (C=O) groups is 2. The van der Waals surface area contributed by atoms with Crippen LogP contribution >= 0.6 is 0 Å². The molecule has 0 aliphatic rings. The highest BCUT2D eigenvalue weighted by Gasteiger charge is 2.15. The van der Waals surface area contributed by atoms with Crippen molar-refractivity contribution in [2.75, 3.05) is 17.2 Å². The first-order valence-corrected chi connectivity index (χ1v) is 11.0. The van der Waals surface area contributed by atoms with Crippen LogP contribution in [0, 0.1) is 6.92 Å². The fourth-order valence-corrected chi connectivity index (χ4v) is 3.33. The zero-order valence-electron chi connectivity index (χ0n) is 19.8. The van der Waals surface area contributed by atoms with Crippen LogP contribution in [-0.4, -0.2) is 28.3 Å². The summed E-state index contributed by atoms with van der Waals surface area (Å²) in [4.78, 5) is 33.3. The maximum atomic E-state index is 12.5. The zero-order valence-corrected chi connectivity index (χ0v) is 19.8. The van der Waals surface area contributed by atoms with E-state index < -0.39 is 0 Å². The molecule has 3 aromatic rings. The number of hydrogen-bond acceptors (Lipinski definition) is 5. The number of carbonyl (C=O) groups excluding carboxylic acids is 2. The van der Waals surface area contributed by atoms with Crippen molar-refractivity contribution < 1.29 is 9.59 Å². The highest BCUT2D eigenvalue weighted by molar-refractivity contribution is 5.99. The number of aryl methyl sites for hydroxylation is 2. The van der Waals surface area contributed by atoms with Gasteiger partial charge in [-0.3, -0.25) is 9.59 Å². The summed E-state index contributed by atoms with van der Waals surface area (Å²) in [5.41, 5.74) is 5.03. The average molecular weight is 446 g/mol. The molecule has 0 unspecified atom stereocenters. The molecule has 172 valence electrons. The Hall–Kier alpha value is -3.74. The normalized spacial score (nSPS) is 11.1. The predicted molar refractivity (Wildman–Crippen MR) is 132 cm³/mol. The van der Waals surface area contributed by atoms with E-state index in [4.69, 9.17) is 0 Å². The minimum Gasteiger partial charge on any atom is -0.343 e. The number of hydrogen-bond donors (Lipinski definition) is 3. The molecular formula is C26H31N5O2. The summed E-state index contributed by atoms with van der Waals surface area (Å²) in [6.07, 6.45) is 2.26. The second kappa shape index (κ2) is 10.3. The van der Waals surface area contributed by atoms with Crippen LogP contribution < -0.4 is 16.0 Å². The summed E-state index contributed by atoms with van der Waals surface area (Å²) < 4.78 is 0. The number of benzene rings is 2. The summed E-state index contributed by atoms with van der Waals surface area (Å²) in [6.45, 7) is 10.2. The molecule has 2 amide bonds. The Balaban J connectivity index is 1.62. The SMILES string of the molecule is CCc1ccc(Nc2cc(C)ncn2)cc1NC(=O)CNC(=O)c1ccc(C(C)(C)C)cc1. The second-order valence-corrected chi connectivity index (χ2v) is 8.95. The van der Waals surface area contributed by atoms with E-state index in [1.54, 1.807) is 12.1 Å². The molecule has 3 N–H and O–H groups in total. The molecule has 0 bridgehead atoms. The third kappa shape index (κ3) is 6.62. The molecule has 0 saturated heterocycles. The molecular weight excluding hydrogens is 414 g/mol. The van der Waals surface area contributed by atoms with Gasteiger partial charge in [-0.1, -0.05) is 45.9 Å². The Labute approximate surface area is 195 Å². The van der Waals surface area contributed by atoms with Gasteiger partial charge in [0.05, 0.1) is 6.54 Å². The lowest BCUT2D eigenvalue weighted by Gasteiger charge is -2.19. The summed E-state index contributed by atoms with van der Waals surface area (Å²) in [7, 11) is 0. The molecule has 3 rings (SSSR count). The second-order valence-electron chi connectivity index (χ2n) is 8.95. The standard InChI is InChI=1S/C26H31N5O2/c1-6-18-9-12-21(30-23-13-17(2)28-16-29-23)14-22(18)31-24(32)15-27-25(33)19-7-10-20(11-8-19)26(3,4)5/h7-14,16H,6,15H2,1-5H3,(H,27,33)(H,31,32)(H,28,29,30). The van der Waals surface area contributed by atoms with Gasteiger partial charge in [-0.05, 0) is 54.2 Å². The van der Waals surface area contributed by atoms with Gasteiger partial charge >= 0.3 is 0 Å². The summed E-state index contributed by atoms with van der Waals surface area (Å²) in [5.74, 6) is 0.101. The van der Waals surface area contributed by atoms with Crippen molar-refractivity contribution in [2.45, 2.75) is 46.5 Å². The molecule has 0 spiro atoms. The van der Waals surface area contributed by atoms with Crippen LogP contribution in [0.5, 0.6) is 0 Å². The van der Waals surface area contributed by atoms with Gasteiger partial charge in [0.1, 0.15) is 12.1 Å². The van der Waals surface area contributed by atoms with Crippen molar-refractivity contribution in [1.82, 2.24) is 15.3 Å². The molecule has 0 atom stereocenters. The van der Waals surface area contributed by atoms with Crippen molar-refractivity contribution >= 4 is 29.0 Å². The fourth-order valence-electron chi connectivity index (χ4n) is 3.33. The summed E-state index contributed by atoms with van der Waals surface area (Å²) in [5, 5.41) is 8.82. The van der Waals surface area contributed by atoms with Gasteiger partial charge in [-0.15, -0.1) is 0 Å². The van der Waals surface area contributed by atoms with Gasteiger partial charge in [0, 0.05) is 28.7 Å². The van der Waals surface area contributed by atoms with E-state index in [1.807, 2.05) is 50.2 Å². The molecule has 0 radical (unpaired) electrons. The van der Waals surface area contributed by atoms with E-state index in [-0.39, 0.29) is 23.8 Å². The number of rotatable bonds is 7. The molecule has 2 aromatic carbocycles. The number of anilines is 3. The van der Waals surface area contributed by atoms with Gasteiger partial charge < -0.3 is 16.0 Å². The minimum absolute atomic E-state index is 0.0154. The summed E-state index contributed by atoms with van der Waals surface area (Å²) in [6, 6.07) is 15.1. The lowest BCUT2D eigenvalue weighted by Crippen LogP contribution is -2.33. The minimum atomic E-state index is -0.292. The van der Waals surface area contributed by atoms with Gasteiger partial charge in [0.25, 0.3) is 5.91 Å². The first-order chi connectivity index (χ1) is 15.7. The van der Waals surface area contributed by atoms with Crippen LogP contribution in [0.25, 0.3) is 0 Å². The van der Waals surface area contributed by atoms with Crippen LogP contribution in [-0.2, 0) is 16.6 Å². The van der Waals surface area contributed by atoms with E-state index in [1.165, 1.54) is 6.33 Å². The lowest BCUT2D eigenvalue weighted by atomic mass is 9.87. The molecule has 7 heteroatoms. The first-order valence-electron chi connectivity index (χ1n) is 11.0. The van der Waals surface area contributed by atoms with Crippen LogP contribution in [0.3, 0.4) is 0 Å². The largest absolute Gasteiger partial charge is 0.343 e. The molecule has 33 heavy (non-hydrogen) atoms. The van der Waals surface area contributed by atoms with E-state index in [9.17, 15) is 9.59 Å². The highest BCUT2D eigenvalue weighted by Crippen LogP contribution is 2.24. The van der Waals surface area contributed by atoms with E-state index in [0.717, 1.165) is 28.9 Å². The lowest BCUT2D eigenvalue weighted by molar-refractivity contribution is -0.115. The quantitative estimate of drug-likeness (QED) is 0.487. The van der Waals surface area contributed by atoms with E-state index in [0.29, 0.717) is 17.1 Å². The van der Waals surface area contributed by atoms with E-state index in [2.05, 4.69) is 46.7 Å². The number of nitrogens with zero attached hydrogens (tertiary/aromatic N) is 2. The molecule has 0 aliphatic heterocycles. The molecule has 1 aromatic heterocycles. The Morgan fingerprint density at radius 3 is 2.33 bits per heavy atom. The zero-order chi connectivity index (χ0) is 24.0. The van der Waals surface area contributed by atoms with Crippen molar-refractivity contribution in [1.29, 1.82) is 0 Å². The third-order valence-electron chi connectivity index (χ3n) is 5.26. The monoisotopic (exact) mass is 445 g/mol. The van der Waals surface area contributed by atoms with Crippen LogP contribution in [0.2, 0.25) is 0 Å². The van der Waals surface area contributed by atoms with Crippen LogP contribution in [0.4, 0.5) is 17.2 Å². The third-order valence-corrected chi connectivity index (χ3v) is 5.26. The Morgan fingerprint density at radius 1 is 0.970 bits per heavy atom.